The number of ether oxygens (including phenoxy) is 2. The molecule has 0 aliphatic rings. The van der Waals surface area contributed by atoms with E-state index in [9.17, 15) is 24.4 Å². The van der Waals surface area contributed by atoms with Crippen LogP contribution in [0.1, 0.15) is 100 Å². The Morgan fingerprint density at radius 1 is 0.703 bits per heavy atom. The molecule has 2 atom stereocenters. The number of Topliss-reactive ketones (excluding diaryl/α,β-unsaturated/α-hetero) is 1. The normalized spacial score (nSPS) is 11.6. The van der Waals surface area contributed by atoms with E-state index in [4.69, 9.17) is 60.5 Å². The Morgan fingerprint density at radius 3 is 1.59 bits per heavy atom. The van der Waals surface area contributed by atoms with E-state index in [0.717, 1.165) is 21.6 Å². The third-order valence-electron chi connectivity index (χ3n) is 8.67. The zero-order chi connectivity index (χ0) is 48.2. The monoisotopic (exact) mass is 992 g/mol. The van der Waals surface area contributed by atoms with Crippen molar-refractivity contribution in [3.63, 3.8) is 0 Å². The zero-order valence-electron chi connectivity index (χ0n) is 36.8. The van der Waals surface area contributed by atoms with E-state index in [-0.39, 0.29) is 24.7 Å². The summed E-state index contributed by atoms with van der Waals surface area (Å²) in [5, 5.41) is 31.9. The average molecular weight is 995 g/mol. The van der Waals surface area contributed by atoms with E-state index >= 15 is 0 Å². The van der Waals surface area contributed by atoms with Gasteiger partial charge in [-0.2, -0.15) is 15.8 Å². The second-order valence-corrected chi connectivity index (χ2v) is 18.1. The Kier molecular flexibility index (Phi) is 22.5. The van der Waals surface area contributed by atoms with E-state index < -0.39 is 35.5 Å². The number of rotatable bonds is 12. The van der Waals surface area contributed by atoms with Crippen LogP contribution in [0.5, 0.6) is 0 Å². The third kappa shape index (κ3) is 19.9. The van der Waals surface area contributed by atoms with Crippen LogP contribution in [0.4, 0.5) is 9.59 Å². The summed E-state index contributed by atoms with van der Waals surface area (Å²) in [6.45, 7) is 11.6. The predicted molar refractivity (Wildman–Crippen MR) is 253 cm³/mol. The topological polar surface area (TPSA) is 199 Å². The maximum absolute atomic E-state index is 12.5. The fraction of sp³-hybridized carbons (Fsp3) is 0.354. The lowest BCUT2D eigenvalue weighted by atomic mass is 10.00. The first kappa shape index (κ1) is 54.7. The van der Waals surface area contributed by atoms with Gasteiger partial charge in [0.15, 0.2) is 5.78 Å². The van der Waals surface area contributed by atoms with Crippen molar-refractivity contribution >= 4 is 74.6 Å². The SMILES string of the molecule is CC(C)(C)OC(=O)N(Cc1cc(Cl)ccc1C#N)C(=O)OC(C)(C)C.C[C@H](NC(=O)[C@H](N)CCc1ccccc1)C(=O)CCc1cc(Cl)ccc1C#N.N#Cc1ccc(Cl)cc1CBr. The van der Waals surface area contributed by atoms with Crippen LogP contribution in [-0.2, 0) is 43.8 Å². The molecule has 0 spiro atoms. The highest BCUT2D eigenvalue weighted by molar-refractivity contribution is 9.08. The van der Waals surface area contributed by atoms with Gasteiger partial charge >= 0.3 is 12.2 Å². The molecule has 3 N–H and O–H groups in total. The number of aryl methyl sites for hydroxylation is 2. The van der Waals surface area contributed by atoms with Gasteiger partial charge in [-0.25, -0.2) is 14.5 Å². The van der Waals surface area contributed by atoms with Crippen LogP contribution in [-0.4, -0.2) is 52.1 Å². The van der Waals surface area contributed by atoms with Crippen LogP contribution < -0.4 is 11.1 Å². The second kappa shape index (κ2) is 26.4. The highest BCUT2D eigenvalue weighted by Gasteiger charge is 2.32. The fourth-order valence-corrected chi connectivity index (χ4v) is 6.49. The van der Waals surface area contributed by atoms with Gasteiger partial charge in [0, 0.05) is 26.8 Å². The van der Waals surface area contributed by atoms with Gasteiger partial charge in [-0.15, -0.1) is 0 Å². The lowest BCUT2D eigenvalue weighted by molar-refractivity contribution is -0.128. The molecule has 0 aliphatic heterocycles. The number of hydrogen-bond acceptors (Lipinski definition) is 10. The molecule has 0 saturated carbocycles. The predicted octanol–water partition coefficient (Wildman–Crippen LogP) is 11.2. The minimum atomic E-state index is -0.856. The van der Waals surface area contributed by atoms with Crippen LogP contribution in [0.15, 0.2) is 84.9 Å². The Hall–Kier alpha value is -5.46. The lowest BCUT2D eigenvalue weighted by Crippen LogP contribution is -2.47. The number of hydrogen-bond donors (Lipinski definition) is 2. The summed E-state index contributed by atoms with van der Waals surface area (Å²) in [7, 11) is 0. The maximum Gasteiger partial charge on any atom is 0.420 e. The van der Waals surface area contributed by atoms with Crippen molar-refractivity contribution in [3.05, 3.63) is 139 Å². The molecule has 338 valence electrons. The number of benzene rings is 4. The van der Waals surface area contributed by atoms with Crippen LogP contribution >= 0.6 is 50.7 Å². The van der Waals surface area contributed by atoms with E-state index in [1.165, 1.54) is 12.1 Å². The molecule has 4 rings (SSSR count). The Balaban J connectivity index is 0.000000358. The number of ketones is 1. The number of carbonyl (C=O) groups excluding carboxylic acids is 4. The standard InChI is InChI=1S/C22H24ClN3O2.C18H23ClN2O4.C8H5BrClN/c1-15(21(27)12-9-17-13-19(23)10-8-18(17)14-24)26-22(28)20(25)11-7-16-5-3-2-4-6-16;1-17(2,3)24-15(22)21(16(23)25-18(4,5)6)11-13-9-14(19)8-7-12(13)10-20;9-4-7-3-8(10)2-1-6(7)5-11/h2-6,8,10,13,15,20H,7,9,11-12,25H2,1H3,(H,26,28);7-9H,11H2,1-6H3;1-3H,4H2/t15-,20+;;/m0../s1. The minimum Gasteiger partial charge on any atom is -0.443 e. The first-order chi connectivity index (χ1) is 30.0. The lowest BCUT2D eigenvalue weighted by Gasteiger charge is -2.28. The molecule has 0 saturated heterocycles. The Labute approximate surface area is 399 Å². The van der Waals surface area contributed by atoms with Gasteiger partial charge in [-0.3, -0.25) is 9.59 Å². The smallest absolute Gasteiger partial charge is 0.420 e. The van der Waals surface area contributed by atoms with Crippen LogP contribution in [0, 0.1) is 34.0 Å². The first-order valence-electron chi connectivity index (χ1n) is 20.0. The van der Waals surface area contributed by atoms with Gasteiger partial charge in [0.25, 0.3) is 0 Å². The molecule has 0 aromatic heterocycles. The van der Waals surface area contributed by atoms with Crippen LogP contribution in [0.2, 0.25) is 15.1 Å². The Bertz CT molecular complexity index is 2340. The number of nitrogens with two attached hydrogens (primary N) is 1. The summed E-state index contributed by atoms with van der Waals surface area (Å²) in [6.07, 6.45) is 0.0863. The van der Waals surface area contributed by atoms with E-state index in [1.807, 2.05) is 36.4 Å². The van der Waals surface area contributed by atoms with Crippen LogP contribution in [0.3, 0.4) is 0 Å². The number of nitriles is 3. The molecule has 16 heteroatoms. The van der Waals surface area contributed by atoms with Crippen molar-refractivity contribution in [3.8, 4) is 18.2 Å². The summed E-state index contributed by atoms with van der Waals surface area (Å²) in [5.41, 5.74) is 9.05. The van der Waals surface area contributed by atoms with Gasteiger partial charge in [0.05, 0.1) is 53.5 Å². The number of halogens is 4. The highest BCUT2D eigenvalue weighted by atomic mass is 79.9. The number of imide groups is 1. The van der Waals surface area contributed by atoms with E-state index in [2.05, 4.69) is 33.4 Å². The summed E-state index contributed by atoms with van der Waals surface area (Å²) in [5.74, 6) is -0.454. The number of carbonyl (C=O) groups is 4. The molecule has 64 heavy (non-hydrogen) atoms. The fourth-order valence-electron chi connectivity index (χ4n) is 5.44. The summed E-state index contributed by atoms with van der Waals surface area (Å²) in [6, 6.07) is 29.5. The first-order valence-corrected chi connectivity index (χ1v) is 22.2. The van der Waals surface area contributed by atoms with Gasteiger partial charge in [0.1, 0.15) is 11.2 Å². The molecule has 12 nitrogen and oxygen atoms in total. The van der Waals surface area contributed by atoms with E-state index in [0.29, 0.717) is 61.9 Å². The Morgan fingerprint density at radius 2 is 1.14 bits per heavy atom. The average Bonchev–Trinajstić information content (AvgIpc) is 3.23. The van der Waals surface area contributed by atoms with Gasteiger partial charge in [0.2, 0.25) is 5.91 Å². The van der Waals surface area contributed by atoms with Crippen molar-refractivity contribution in [2.45, 2.75) is 109 Å². The van der Waals surface area contributed by atoms with Gasteiger partial charge in [-0.05, 0) is 145 Å². The zero-order valence-corrected chi connectivity index (χ0v) is 40.7. The molecule has 0 heterocycles. The van der Waals surface area contributed by atoms with Crippen molar-refractivity contribution < 1.29 is 28.7 Å². The molecule has 0 radical (unpaired) electrons. The van der Waals surface area contributed by atoms with Crippen molar-refractivity contribution in [2.75, 3.05) is 0 Å². The second-order valence-electron chi connectivity index (χ2n) is 16.2. The quantitative estimate of drug-likeness (QED) is 0.129. The summed E-state index contributed by atoms with van der Waals surface area (Å²) >= 11 is 20.9. The molecular formula is C48H52BrCl3N6O6. The number of alkyl halides is 1. The number of nitrogens with one attached hydrogen (secondary N) is 1. The maximum atomic E-state index is 12.5. The molecule has 0 aliphatic carbocycles. The van der Waals surface area contributed by atoms with Crippen molar-refractivity contribution in [1.29, 1.82) is 15.8 Å². The third-order valence-corrected chi connectivity index (χ3v) is 9.98. The van der Waals surface area contributed by atoms with Gasteiger partial charge < -0.3 is 20.5 Å². The van der Waals surface area contributed by atoms with Crippen LogP contribution in [0.25, 0.3) is 0 Å². The molecule has 0 bridgehead atoms. The largest absolute Gasteiger partial charge is 0.443 e. The van der Waals surface area contributed by atoms with Gasteiger partial charge in [-0.1, -0.05) is 81.1 Å². The number of nitrogens with zero attached hydrogens (tertiary/aromatic N) is 4. The molecule has 4 aromatic carbocycles. The van der Waals surface area contributed by atoms with Crippen molar-refractivity contribution in [2.24, 2.45) is 5.73 Å². The number of amides is 3. The highest BCUT2D eigenvalue weighted by Crippen LogP contribution is 2.22. The molecular weight excluding hydrogens is 943 g/mol. The molecule has 0 unspecified atom stereocenters. The summed E-state index contributed by atoms with van der Waals surface area (Å²) in [4.78, 5) is 50.4. The summed E-state index contributed by atoms with van der Waals surface area (Å²) < 4.78 is 10.6. The van der Waals surface area contributed by atoms with Crippen molar-refractivity contribution in [1.82, 2.24) is 10.2 Å². The molecule has 0 fully saturated rings. The molecule has 4 aromatic rings. The molecule has 3 amide bonds. The van der Waals surface area contributed by atoms with E-state index in [1.54, 1.807) is 90.9 Å². The minimum absolute atomic E-state index is 0.118.